The van der Waals surface area contributed by atoms with Crippen molar-refractivity contribution in [2.75, 3.05) is 13.2 Å². The van der Waals surface area contributed by atoms with Crippen LogP contribution >= 0.6 is 0 Å². The largest absolute Gasteiger partial charge is 0.384 e. The fraction of sp³-hybridized carbons (Fsp3) is 0.889. The second-order valence-electron chi connectivity index (χ2n) is 3.60. The molecule has 0 aromatic heterocycles. The number of hydrogen-bond acceptors (Lipinski definition) is 3. The Balaban J connectivity index is 2.53. The second-order valence-corrected chi connectivity index (χ2v) is 3.60. The molecule has 1 saturated heterocycles. The number of hydrogen-bond donors (Lipinski definition) is 2. The Hall–Kier alpha value is -0.610. The van der Waals surface area contributed by atoms with Gasteiger partial charge in [0.15, 0.2) is 0 Å². The summed E-state index contributed by atoms with van der Waals surface area (Å²) in [5.41, 5.74) is -0.242. The van der Waals surface area contributed by atoms with Crippen LogP contribution in [0.15, 0.2) is 0 Å². The number of ether oxygens (including phenoxy) is 1. The SMILES string of the molecule is CCC1(NC(=O)C(C)O)CCOC1. The van der Waals surface area contributed by atoms with Crippen LogP contribution in [0, 0.1) is 0 Å². The number of carbonyl (C=O) groups excluding carboxylic acids is 1. The monoisotopic (exact) mass is 187 g/mol. The Labute approximate surface area is 78.3 Å². The van der Waals surface area contributed by atoms with Crippen molar-refractivity contribution in [3.05, 3.63) is 0 Å². The highest BCUT2D eigenvalue weighted by Crippen LogP contribution is 2.22. The molecule has 0 aliphatic carbocycles. The van der Waals surface area contributed by atoms with Crippen molar-refractivity contribution in [2.24, 2.45) is 0 Å². The minimum absolute atomic E-state index is 0.242. The van der Waals surface area contributed by atoms with Crippen LogP contribution in [0.3, 0.4) is 0 Å². The predicted molar refractivity (Wildman–Crippen MR) is 48.3 cm³/mol. The highest BCUT2D eigenvalue weighted by molar-refractivity contribution is 5.80. The number of aliphatic hydroxyl groups excluding tert-OH is 1. The van der Waals surface area contributed by atoms with E-state index in [0.29, 0.717) is 13.2 Å². The quantitative estimate of drug-likeness (QED) is 0.656. The van der Waals surface area contributed by atoms with Gasteiger partial charge in [-0.15, -0.1) is 0 Å². The molecule has 1 rings (SSSR count). The summed E-state index contributed by atoms with van der Waals surface area (Å²) < 4.78 is 5.24. The summed E-state index contributed by atoms with van der Waals surface area (Å²) in [4.78, 5) is 11.2. The molecule has 4 heteroatoms. The molecule has 0 aromatic rings. The first kappa shape index (κ1) is 10.5. The van der Waals surface area contributed by atoms with E-state index in [1.807, 2.05) is 6.92 Å². The van der Waals surface area contributed by atoms with Gasteiger partial charge in [0.05, 0.1) is 12.1 Å². The Morgan fingerprint density at radius 1 is 1.77 bits per heavy atom. The minimum atomic E-state index is -0.941. The van der Waals surface area contributed by atoms with Gasteiger partial charge in [0.2, 0.25) is 5.91 Å². The third-order valence-corrected chi connectivity index (χ3v) is 2.55. The van der Waals surface area contributed by atoms with E-state index in [4.69, 9.17) is 9.84 Å². The van der Waals surface area contributed by atoms with Gasteiger partial charge in [0, 0.05) is 6.61 Å². The first-order valence-electron chi connectivity index (χ1n) is 4.67. The van der Waals surface area contributed by atoms with Gasteiger partial charge >= 0.3 is 0 Å². The first-order chi connectivity index (χ1) is 6.09. The Bertz CT molecular complexity index is 185. The second kappa shape index (κ2) is 4.07. The maximum atomic E-state index is 11.2. The van der Waals surface area contributed by atoms with Crippen LogP contribution in [0.5, 0.6) is 0 Å². The molecular weight excluding hydrogens is 170 g/mol. The van der Waals surface area contributed by atoms with Crippen LogP contribution in [-0.4, -0.2) is 35.9 Å². The van der Waals surface area contributed by atoms with Gasteiger partial charge in [-0.2, -0.15) is 0 Å². The highest BCUT2D eigenvalue weighted by atomic mass is 16.5. The third kappa shape index (κ3) is 2.42. The van der Waals surface area contributed by atoms with Crippen molar-refractivity contribution in [3.8, 4) is 0 Å². The van der Waals surface area contributed by atoms with Crippen molar-refractivity contribution in [1.29, 1.82) is 0 Å². The molecule has 2 unspecified atom stereocenters. The van der Waals surface area contributed by atoms with Crippen molar-refractivity contribution >= 4 is 5.91 Å². The molecular formula is C9H17NO3. The summed E-state index contributed by atoms with van der Waals surface area (Å²) in [5.74, 6) is -0.313. The van der Waals surface area contributed by atoms with E-state index in [-0.39, 0.29) is 11.4 Å². The Kier molecular flexibility index (Phi) is 3.27. The molecule has 0 spiro atoms. The lowest BCUT2D eigenvalue weighted by Crippen LogP contribution is -2.51. The van der Waals surface area contributed by atoms with Crippen LogP contribution in [0.4, 0.5) is 0 Å². The summed E-state index contributed by atoms with van der Waals surface area (Å²) in [6.45, 7) is 4.72. The maximum absolute atomic E-state index is 11.2. The number of rotatable bonds is 3. The smallest absolute Gasteiger partial charge is 0.249 e. The van der Waals surface area contributed by atoms with E-state index >= 15 is 0 Å². The molecule has 4 nitrogen and oxygen atoms in total. The molecule has 1 amide bonds. The molecule has 2 N–H and O–H groups in total. The Morgan fingerprint density at radius 3 is 2.85 bits per heavy atom. The molecule has 1 fully saturated rings. The van der Waals surface area contributed by atoms with Crippen molar-refractivity contribution in [2.45, 2.75) is 38.3 Å². The molecule has 76 valence electrons. The fourth-order valence-corrected chi connectivity index (χ4v) is 1.44. The average molecular weight is 187 g/mol. The normalized spacial score (nSPS) is 30.1. The molecule has 2 atom stereocenters. The standard InChI is InChI=1S/C9H17NO3/c1-3-9(4-5-13-6-9)10-8(12)7(2)11/h7,11H,3-6H2,1-2H3,(H,10,12). The van der Waals surface area contributed by atoms with E-state index in [1.54, 1.807) is 0 Å². The summed E-state index contributed by atoms with van der Waals surface area (Å²) in [7, 11) is 0. The molecule has 0 radical (unpaired) electrons. The van der Waals surface area contributed by atoms with Gasteiger partial charge in [-0.1, -0.05) is 6.92 Å². The lowest BCUT2D eigenvalue weighted by atomic mass is 9.95. The van der Waals surface area contributed by atoms with Crippen molar-refractivity contribution in [1.82, 2.24) is 5.32 Å². The molecule has 1 heterocycles. The lowest BCUT2D eigenvalue weighted by Gasteiger charge is -2.27. The number of nitrogens with one attached hydrogen (secondary N) is 1. The fourth-order valence-electron chi connectivity index (χ4n) is 1.44. The van der Waals surface area contributed by atoms with E-state index in [2.05, 4.69) is 5.32 Å². The zero-order valence-electron chi connectivity index (χ0n) is 8.17. The zero-order valence-corrected chi connectivity index (χ0v) is 8.17. The van der Waals surface area contributed by atoms with E-state index < -0.39 is 6.10 Å². The van der Waals surface area contributed by atoms with Crippen LogP contribution in [-0.2, 0) is 9.53 Å². The molecule has 0 saturated carbocycles. The van der Waals surface area contributed by atoms with E-state index in [0.717, 1.165) is 12.8 Å². The van der Waals surface area contributed by atoms with Gasteiger partial charge in [-0.25, -0.2) is 0 Å². The zero-order chi connectivity index (χ0) is 9.90. The summed E-state index contributed by atoms with van der Waals surface area (Å²) in [5, 5.41) is 11.9. The Morgan fingerprint density at radius 2 is 2.46 bits per heavy atom. The number of amides is 1. The number of carbonyl (C=O) groups is 1. The highest BCUT2D eigenvalue weighted by Gasteiger charge is 2.35. The van der Waals surface area contributed by atoms with Gasteiger partial charge < -0.3 is 15.2 Å². The van der Waals surface area contributed by atoms with Crippen molar-refractivity contribution in [3.63, 3.8) is 0 Å². The molecule has 0 bridgehead atoms. The van der Waals surface area contributed by atoms with Gasteiger partial charge in [-0.3, -0.25) is 4.79 Å². The van der Waals surface area contributed by atoms with Crippen LogP contribution in [0.2, 0.25) is 0 Å². The third-order valence-electron chi connectivity index (χ3n) is 2.55. The summed E-state index contributed by atoms with van der Waals surface area (Å²) in [6.07, 6.45) is 0.733. The van der Waals surface area contributed by atoms with Gasteiger partial charge in [-0.05, 0) is 19.8 Å². The topological polar surface area (TPSA) is 58.6 Å². The molecule has 0 aromatic carbocycles. The lowest BCUT2D eigenvalue weighted by molar-refractivity contribution is -0.130. The predicted octanol–water partition coefficient (Wildman–Crippen LogP) is 0.0525. The van der Waals surface area contributed by atoms with Gasteiger partial charge in [0.1, 0.15) is 6.10 Å². The van der Waals surface area contributed by atoms with Gasteiger partial charge in [0.25, 0.3) is 0 Å². The van der Waals surface area contributed by atoms with Crippen LogP contribution in [0.25, 0.3) is 0 Å². The molecule has 13 heavy (non-hydrogen) atoms. The van der Waals surface area contributed by atoms with Crippen LogP contribution in [0.1, 0.15) is 26.7 Å². The van der Waals surface area contributed by atoms with E-state index in [1.165, 1.54) is 6.92 Å². The van der Waals surface area contributed by atoms with E-state index in [9.17, 15) is 4.79 Å². The molecule has 1 aliphatic rings. The summed E-state index contributed by atoms with van der Waals surface area (Å²) in [6, 6.07) is 0. The summed E-state index contributed by atoms with van der Waals surface area (Å²) >= 11 is 0. The molecule has 1 aliphatic heterocycles. The minimum Gasteiger partial charge on any atom is -0.384 e. The maximum Gasteiger partial charge on any atom is 0.249 e. The number of aliphatic hydroxyl groups is 1. The van der Waals surface area contributed by atoms with Crippen molar-refractivity contribution < 1.29 is 14.6 Å². The van der Waals surface area contributed by atoms with Crippen LogP contribution < -0.4 is 5.32 Å². The average Bonchev–Trinajstić information content (AvgIpc) is 2.54. The first-order valence-corrected chi connectivity index (χ1v) is 4.67.